The maximum Gasteiger partial charge on any atom is 0.187 e. The second-order valence-electron chi connectivity index (χ2n) is 4.25. The molecule has 0 bridgehead atoms. The van der Waals surface area contributed by atoms with E-state index in [1.54, 1.807) is 24.3 Å². The molecule has 0 aliphatic carbocycles. The number of anilines is 1. The molecule has 1 aromatic heterocycles. The third-order valence-corrected chi connectivity index (χ3v) is 3.67. The molecule has 0 saturated heterocycles. The number of tetrazole rings is 1. The Morgan fingerprint density at radius 1 is 1.10 bits per heavy atom. The lowest BCUT2D eigenvalue weighted by Gasteiger charge is -2.07. The van der Waals surface area contributed by atoms with Crippen LogP contribution in [0.15, 0.2) is 36.4 Å². The number of rotatable bonds is 2. The summed E-state index contributed by atoms with van der Waals surface area (Å²) in [5.41, 5.74) is 7.34. The van der Waals surface area contributed by atoms with E-state index in [4.69, 9.17) is 28.9 Å². The van der Waals surface area contributed by atoms with Crippen LogP contribution in [0.4, 0.5) is 10.1 Å². The topological polar surface area (TPSA) is 69.6 Å². The largest absolute Gasteiger partial charge is 0.397 e. The summed E-state index contributed by atoms with van der Waals surface area (Å²) in [6, 6.07) is 9.02. The normalized spacial score (nSPS) is 10.8. The van der Waals surface area contributed by atoms with E-state index in [2.05, 4.69) is 15.5 Å². The van der Waals surface area contributed by atoms with Crippen molar-refractivity contribution in [3.63, 3.8) is 0 Å². The van der Waals surface area contributed by atoms with E-state index < -0.39 is 0 Å². The second-order valence-corrected chi connectivity index (χ2v) is 5.04. The molecule has 0 atom stereocenters. The predicted molar refractivity (Wildman–Crippen MR) is 79.0 cm³/mol. The van der Waals surface area contributed by atoms with E-state index in [1.807, 2.05) is 0 Å². The van der Waals surface area contributed by atoms with Gasteiger partial charge in [0.25, 0.3) is 0 Å². The first-order valence-electron chi connectivity index (χ1n) is 5.85. The number of nitrogens with zero attached hydrogens (tertiary/aromatic N) is 4. The van der Waals surface area contributed by atoms with Gasteiger partial charge in [0, 0.05) is 5.56 Å². The van der Waals surface area contributed by atoms with Crippen molar-refractivity contribution in [2.24, 2.45) is 0 Å². The molecule has 0 radical (unpaired) electrons. The van der Waals surface area contributed by atoms with Crippen LogP contribution in [0.5, 0.6) is 0 Å². The van der Waals surface area contributed by atoms with E-state index in [0.29, 0.717) is 27.8 Å². The second kappa shape index (κ2) is 5.31. The highest BCUT2D eigenvalue weighted by atomic mass is 35.5. The van der Waals surface area contributed by atoms with Gasteiger partial charge in [-0.1, -0.05) is 23.2 Å². The number of aromatic nitrogens is 4. The number of nitrogens with two attached hydrogens (primary N) is 1. The van der Waals surface area contributed by atoms with Crippen molar-refractivity contribution in [1.82, 2.24) is 20.2 Å². The molecule has 3 aromatic rings. The van der Waals surface area contributed by atoms with E-state index in [0.717, 1.165) is 0 Å². The van der Waals surface area contributed by atoms with Crippen molar-refractivity contribution >= 4 is 28.9 Å². The van der Waals surface area contributed by atoms with Gasteiger partial charge in [-0.05, 0) is 46.8 Å². The predicted octanol–water partition coefficient (Wildman–Crippen LogP) is 3.36. The number of nitrogen functional groups attached to an aromatic ring is 1. The van der Waals surface area contributed by atoms with Gasteiger partial charge < -0.3 is 5.73 Å². The van der Waals surface area contributed by atoms with Crippen LogP contribution in [0.3, 0.4) is 0 Å². The zero-order valence-corrected chi connectivity index (χ0v) is 12.0. The highest BCUT2D eigenvalue weighted by Crippen LogP contribution is 2.33. The Balaban J connectivity index is 2.13. The lowest BCUT2D eigenvalue weighted by molar-refractivity contribution is 0.627. The maximum atomic E-state index is 13.0. The zero-order chi connectivity index (χ0) is 15.0. The molecular formula is C13H8Cl2FN5. The van der Waals surface area contributed by atoms with E-state index in [9.17, 15) is 4.39 Å². The van der Waals surface area contributed by atoms with Crippen LogP contribution in [0.25, 0.3) is 17.1 Å². The Kier molecular flexibility index (Phi) is 3.48. The third kappa shape index (κ3) is 2.55. The Morgan fingerprint density at radius 2 is 1.81 bits per heavy atom. The van der Waals surface area contributed by atoms with Crippen molar-refractivity contribution in [2.45, 2.75) is 0 Å². The van der Waals surface area contributed by atoms with Crippen LogP contribution < -0.4 is 5.73 Å². The van der Waals surface area contributed by atoms with E-state index in [-0.39, 0.29) is 10.8 Å². The van der Waals surface area contributed by atoms with Crippen LogP contribution in [0.1, 0.15) is 0 Å². The Labute approximate surface area is 129 Å². The van der Waals surface area contributed by atoms with E-state index in [1.165, 1.54) is 16.8 Å². The van der Waals surface area contributed by atoms with Crippen LogP contribution in [0, 0.1) is 5.82 Å². The van der Waals surface area contributed by atoms with Gasteiger partial charge in [-0.2, -0.15) is 4.68 Å². The third-order valence-electron chi connectivity index (χ3n) is 2.86. The first kappa shape index (κ1) is 13.8. The molecular weight excluding hydrogens is 316 g/mol. The smallest absolute Gasteiger partial charge is 0.187 e. The quantitative estimate of drug-likeness (QED) is 0.734. The molecule has 3 rings (SSSR count). The molecule has 106 valence electrons. The zero-order valence-electron chi connectivity index (χ0n) is 10.5. The Morgan fingerprint density at radius 3 is 2.48 bits per heavy atom. The summed E-state index contributed by atoms with van der Waals surface area (Å²) in [6.07, 6.45) is 0. The van der Waals surface area contributed by atoms with Crippen molar-refractivity contribution in [2.75, 3.05) is 5.73 Å². The molecule has 21 heavy (non-hydrogen) atoms. The van der Waals surface area contributed by atoms with Gasteiger partial charge in [-0.15, -0.1) is 5.10 Å². The lowest BCUT2D eigenvalue weighted by atomic mass is 10.2. The van der Waals surface area contributed by atoms with Gasteiger partial charge in [0.05, 0.1) is 21.4 Å². The van der Waals surface area contributed by atoms with Gasteiger partial charge in [-0.25, -0.2) is 4.39 Å². The molecule has 0 aliphatic heterocycles. The number of benzene rings is 2. The van der Waals surface area contributed by atoms with E-state index >= 15 is 0 Å². The van der Waals surface area contributed by atoms with Crippen molar-refractivity contribution in [1.29, 1.82) is 0 Å². The molecule has 0 spiro atoms. The minimum Gasteiger partial charge on any atom is -0.397 e. The van der Waals surface area contributed by atoms with Gasteiger partial charge in [0.2, 0.25) is 0 Å². The minimum atomic E-state index is -0.341. The van der Waals surface area contributed by atoms with Crippen molar-refractivity contribution in [3.8, 4) is 17.1 Å². The molecule has 0 aliphatic rings. The molecule has 5 nitrogen and oxygen atoms in total. The standard InChI is InChI=1S/C13H8Cl2FN5/c14-10-5-7(6-11(17)12(10)15)13-18-19-20-21(13)9-3-1-8(16)2-4-9/h1-6H,17H2. The van der Waals surface area contributed by atoms with Crippen LogP contribution >= 0.6 is 23.2 Å². The van der Waals surface area contributed by atoms with Crippen molar-refractivity contribution in [3.05, 3.63) is 52.3 Å². The van der Waals surface area contributed by atoms with Crippen molar-refractivity contribution < 1.29 is 4.39 Å². The number of hydrogen-bond acceptors (Lipinski definition) is 4. The highest BCUT2D eigenvalue weighted by molar-refractivity contribution is 6.43. The summed E-state index contributed by atoms with van der Waals surface area (Å²) in [5, 5.41) is 12.1. The molecule has 8 heteroatoms. The molecule has 0 fully saturated rings. The average Bonchev–Trinajstić information content (AvgIpc) is 2.94. The van der Waals surface area contributed by atoms with Crippen LogP contribution in [0.2, 0.25) is 10.0 Å². The SMILES string of the molecule is Nc1cc(-c2nnnn2-c2ccc(F)cc2)cc(Cl)c1Cl. The highest BCUT2D eigenvalue weighted by Gasteiger charge is 2.14. The molecule has 1 heterocycles. The molecule has 2 N–H and O–H groups in total. The summed E-state index contributed by atoms with van der Waals surface area (Å²) in [6.45, 7) is 0. The van der Waals surface area contributed by atoms with Crippen LogP contribution in [-0.2, 0) is 0 Å². The van der Waals surface area contributed by atoms with Gasteiger partial charge in [0.15, 0.2) is 5.82 Å². The minimum absolute atomic E-state index is 0.279. The fourth-order valence-electron chi connectivity index (χ4n) is 1.86. The van der Waals surface area contributed by atoms with Gasteiger partial charge in [-0.3, -0.25) is 0 Å². The van der Waals surface area contributed by atoms with Gasteiger partial charge >= 0.3 is 0 Å². The maximum absolute atomic E-state index is 13.0. The Bertz CT molecular complexity index is 778. The average molecular weight is 324 g/mol. The molecule has 0 unspecified atom stereocenters. The monoisotopic (exact) mass is 323 g/mol. The summed E-state index contributed by atoms with van der Waals surface area (Å²) >= 11 is 11.9. The van der Waals surface area contributed by atoms with Gasteiger partial charge in [0.1, 0.15) is 5.82 Å². The first-order chi connectivity index (χ1) is 10.1. The number of hydrogen-bond donors (Lipinski definition) is 1. The lowest BCUT2D eigenvalue weighted by Crippen LogP contribution is -2.00. The summed E-state index contributed by atoms with van der Waals surface area (Å²) in [5.74, 6) is 0.0824. The Hall–Kier alpha value is -2.18. The summed E-state index contributed by atoms with van der Waals surface area (Å²) in [7, 11) is 0. The summed E-state index contributed by atoms with van der Waals surface area (Å²) < 4.78 is 14.4. The first-order valence-corrected chi connectivity index (χ1v) is 6.61. The fourth-order valence-corrected chi connectivity index (χ4v) is 2.20. The summed E-state index contributed by atoms with van der Waals surface area (Å²) in [4.78, 5) is 0. The van der Waals surface area contributed by atoms with Crippen LogP contribution in [-0.4, -0.2) is 20.2 Å². The fraction of sp³-hybridized carbons (Fsp3) is 0. The molecule has 2 aromatic carbocycles. The molecule has 0 saturated carbocycles. The number of halogens is 3. The molecule has 0 amide bonds.